The third kappa shape index (κ3) is 10.2. The van der Waals surface area contributed by atoms with E-state index in [1.54, 1.807) is 12.1 Å². The molecule has 1 saturated carbocycles. The van der Waals surface area contributed by atoms with Gasteiger partial charge in [0.05, 0.1) is 6.61 Å². The van der Waals surface area contributed by atoms with Crippen molar-refractivity contribution in [1.29, 1.82) is 0 Å². The summed E-state index contributed by atoms with van der Waals surface area (Å²) < 4.78 is 32.3. The molecule has 1 amide bonds. The standard InChI is InChI=1S/C26H40F2N4O4/c1-19-16-22(7-8-23(19)24(34)31-11-5-14-33)35-15-4-6-20(9-12-29-2)10-13-32-25(36-30-3)21-17-26(27,28)18-21/h7-8,16,20-21,29,33H,3-6,9-15,17-18H2,1-2H3,(H,31,34). The molecule has 3 N–H and O–H groups in total. The van der Waals surface area contributed by atoms with Crippen molar-refractivity contribution in [3.05, 3.63) is 29.3 Å². The van der Waals surface area contributed by atoms with E-state index in [1.165, 1.54) is 0 Å². The summed E-state index contributed by atoms with van der Waals surface area (Å²) in [6, 6.07) is 5.40. The van der Waals surface area contributed by atoms with Crippen molar-refractivity contribution < 1.29 is 28.3 Å². The fourth-order valence-electron chi connectivity index (χ4n) is 4.19. The molecule has 0 aliphatic heterocycles. The van der Waals surface area contributed by atoms with Crippen LogP contribution in [0.15, 0.2) is 28.3 Å². The van der Waals surface area contributed by atoms with E-state index >= 15 is 0 Å². The highest BCUT2D eigenvalue weighted by molar-refractivity contribution is 5.95. The first-order chi connectivity index (χ1) is 17.3. The summed E-state index contributed by atoms with van der Waals surface area (Å²) in [5.41, 5.74) is 1.42. The summed E-state index contributed by atoms with van der Waals surface area (Å²) in [4.78, 5) is 21.7. The van der Waals surface area contributed by atoms with Crippen LogP contribution in [0.5, 0.6) is 5.75 Å². The fraction of sp³-hybridized carbons (Fsp3) is 0.654. The van der Waals surface area contributed by atoms with E-state index in [9.17, 15) is 13.6 Å². The number of oxime groups is 1. The van der Waals surface area contributed by atoms with Gasteiger partial charge in [0.1, 0.15) is 5.75 Å². The summed E-state index contributed by atoms with van der Waals surface area (Å²) in [6.07, 6.45) is 3.60. The Morgan fingerprint density at radius 1 is 1.25 bits per heavy atom. The lowest BCUT2D eigenvalue weighted by Gasteiger charge is -2.34. The lowest BCUT2D eigenvalue weighted by Crippen LogP contribution is -2.40. The number of ether oxygens (including phenoxy) is 1. The summed E-state index contributed by atoms with van der Waals surface area (Å²) in [7, 11) is 1.91. The summed E-state index contributed by atoms with van der Waals surface area (Å²) >= 11 is 0. The van der Waals surface area contributed by atoms with Gasteiger partial charge in [0, 0.05) is 50.7 Å². The Balaban J connectivity index is 1.79. The van der Waals surface area contributed by atoms with Crippen molar-refractivity contribution in [3.63, 3.8) is 0 Å². The lowest BCUT2D eigenvalue weighted by atomic mass is 9.81. The molecule has 1 unspecified atom stereocenters. The van der Waals surface area contributed by atoms with Crippen LogP contribution < -0.4 is 15.4 Å². The van der Waals surface area contributed by atoms with Crippen molar-refractivity contribution in [3.8, 4) is 5.75 Å². The number of benzene rings is 1. The second-order valence-corrected chi connectivity index (χ2v) is 9.25. The lowest BCUT2D eigenvalue weighted by molar-refractivity contribution is -0.0956. The van der Waals surface area contributed by atoms with Gasteiger partial charge < -0.3 is 25.3 Å². The molecule has 2 rings (SSSR count). The molecule has 0 spiro atoms. The highest BCUT2D eigenvalue weighted by Gasteiger charge is 2.48. The average molecular weight is 511 g/mol. The SMILES string of the molecule is C=NOC(=NCCC(CCCOc1ccc(C(=O)NCCCO)c(C)c1)CCNC)C1CC(F)(F)C1. The van der Waals surface area contributed by atoms with Crippen molar-refractivity contribution in [2.24, 2.45) is 22.0 Å². The third-order valence-electron chi connectivity index (χ3n) is 6.29. The molecule has 0 bridgehead atoms. The van der Waals surface area contributed by atoms with Crippen LogP contribution in [0.2, 0.25) is 0 Å². The van der Waals surface area contributed by atoms with Gasteiger partial charge in [-0.3, -0.25) is 9.79 Å². The smallest absolute Gasteiger partial charge is 0.251 e. The number of nitrogens with one attached hydrogen (secondary N) is 2. The number of carbonyl (C=O) groups excluding carboxylic acids is 1. The van der Waals surface area contributed by atoms with Gasteiger partial charge >= 0.3 is 0 Å². The van der Waals surface area contributed by atoms with E-state index in [0.717, 1.165) is 37.8 Å². The molecule has 0 radical (unpaired) electrons. The molecular weight excluding hydrogens is 470 g/mol. The quantitative estimate of drug-likeness (QED) is 0.127. The van der Waals surface area contributed by atoms with E-state index in [0.29, 0.717) is 43.3 Å². The number of hydrogen-bond donors (Lipinski definition) is 3. The number of rotatable bonds is 17. The van der Waals surface area contributed by atoms with Crippen LogP contribution in [-0.2, 0) is 4.84 Å². The first-order valence-electron chi connectivity index (χ1n) is 12.6. The minimum atomic E-state index is -2.64. The summed E-state index contributed by atoms with van der Waals surface area (Å²) in [6.45, 7) is 7.54. The normalized spacial score (nSPS) is 16.2. The summed E-state index contributed by atoms with van der Waals surface area (Å²) in [5.74, 6) is -1.82. The van der Waals surface area contributed by atoms with Crippen LogP contribution >= 0.6 is 0 Å². The number of nitrogens with zero attached hydrogens (tertiary/aromatic N) is 2. The molecular formula is C26H40F2N4O4. The monoisotopic (exact) mass is 510 g/mol. The van der Waals surface area contributed by atoms with Crippen molar-refractivity contribution in [2.45, 2.75) is 57.8 Å². The van der Waals surface area contributed by atoms with Crippen molar-refractivity contribution >= 4 is 18.5 Å². The van der Waals surface area contributed by atoms with Crippen LogP contribution in [0.3, 0.4) is 0 Å². The Kier molecular flexibility index (Phi) is 12.8. The third-order valence-corrected chi connectivity index (χ3v) is 6.29. The Hall–Kier alpha value is -2.59. The van der Waals surface area contributed by atoms with E-state index in [-0.39, 0.29) is 31.3 Å². The largest absolute Gasteiger partial charge is 0.494 e. The maximum atomic E-state index is 13.2. The Labute approximate surface area is 212 Å². The molecule has 1 atom stereocenters. The second kappa shape index (κ2) is 15.5. The number of carbonyl (C=O) groups is 1. The maximum Gasteiger partial charge on any atom is 0.251 e. The first kappa shape index (κ1) is 29.6. The highest BCUT2D eigenvalue weighted by atomic mass is 19.3. The molecule has 1 aromatic rings. The minimum absolute atomic E-state index is 0.0409. The van der Waals surface area contributed by atoms with Gasteiger partial charge in [-0.05, 0) is 82.3 Å². The van der Waals surface area contributed by atoms with Gasteiger partial charge in [0.15, 0.2) is 0 Å². The number of aliphatic imine (C=N–C) groups is 1. The Morgan fingerprint density at radius 3 is 2.67 bits per heavy atom. The van der Waals surface area contributed by atoms with Crippen LogP contribution in [0.1, 0.15) is 60.9 Å². The number of amides is 1. The molecule has 202 valence electrons. The zero-order valence-corrected chi connectivity index (χ0v) is 21.4. The van der Waals surface area contributed by atoms with E-state index < -0.39 is 11.8 Å². The molecule has 10 heteroatoms. The maximum absolute atomic E-state index is 13.2. The topological polar surface area (TPSA) is 105 Å². The van der Waals surface area contributed by atoms with Gasteiger partial charge in [-0.15, -0.1) is 0 Å². The molecule has 0 aromatic heterocycles. The van der Waals surface area contributed by atoms with Gasteiger partial charge in [-0.25, -0.2) is 8.78 Å². The molecule has 0 heterocycles. The van der Waals surface area contributed by atoms with Crippen LogP contribution in [-0.4, -0.2) is 69.4 Å². The predicted molar refractivity (Wildman–Crippen MR) is 137 cm³/mol. The minimum Gasteiger partial charge on any atom is -0.494 e. The zero-order chi connectivity index (χ0) is 26.4. The molecule has 1 fully saturated rings. The van der Waals surface area contributed by atoms with Gasteiger partial charge in [-0.2, -0.15) is 0 Å². The predicted octanol–water partition coefficient (Wildman–Crippen LogP) is 3.96. The average Bonchev–Trinajstić information content (AvgIpc) is 2.82. The number of aryl methyl sites for hydroxylation is 1. The van der Waals surface area contributed by atoms with Crippen LogP contribution in [0.25, 0.3) is 0 Å². The van der Waals surface area contributed by atoms with Crippen molar-refractivity contribution in [2.75, 3.05) is 39.9 Å². The molecule has 8 nitrogen and oxygen atoms in total. The Morgan fingerprint density at radius 2 is 2.03 bits per heavy atom. The number of hydrogen-bond acceptors (Lipinski definition) is 7. The van der Waals surface area contributed by atoms with Crippen LogP contribution in [0, 0.1) is 18.8 Å². The highest BCUT2D eigenvalue weighted by Crippen LogP contribution is 2.43. The van der Waals surface area contributed by atoms with E-state index in [1.807, 2.05) is 20.0 Å². The first-order valence-corrected chi connectivity index (χ1v) is 12.6. The van der Waals surface area contributed by atoms with Gasteiger partial charge in [0.2, 0.25) is 11.8 Å². The molecule has 0 saturated heterocycles. The zero-order valence-electron chi connectivity index (χ0n) is 21.4. The fourth-order valence-corrected chi connectivity index (χ4v) is 4.19. The number of aliphatic hydroxyl groups excluding tert-OH is 1. The molecule has 1 aliphatic rings. The van der Waals surface area contributed by atoms with Crippen LogP contribution in [0.4, 0.5) is 8.78 Å². The van der Waals surface area contributed by atoms with Gasteiger partial charge in [0.25, 0.3) is 5.91 Å². The van der Waals surface area contributed by atoms with E-state index in [2.05, 4.69) is 27.5 Å². The number of aliphatic hydroxyl groups is 1. The van der Waals surface area contributed by atoms with Crippen molar-refractivity contribution in [1.82, 2.24) is 10.6 Å². The van der Waals surface area contributed by atoms with Gasteiger partial charge in [-0.1, -0.05) is 5.16 Å². The molecule has 1 aromatic carbocycles. The Bertz CT molecular complexity index is 858. The number of alkyl halides is 2. The number of halogens is 2. The second-order valence-electron chi connectivity index (χ2n) is 9.25. The van der Waals surface area contributed by atoms with E-state index in [4.69, 9.17) is 14.7 Å². The molecule has 36 heavy (non-hydrogen) atoms. The molecule has 1 aliphatic carbocycles. The summed E-state index contributed by atoms with van der Waals surface area (Å²) in [5, 5.41) is 18.2.